The van der Waals surface area contributed by atoms with Gasteiger partial charge in [-0.3, -0.25) is 5.32 Å². The molecule has 0 aliphatic rings. The minimum absolute atomic E-state index is 0.396. The highest BCUT2D eigenvalue weighted by Crippen LogP contribution is 2.26. The second kappa shape index (κ2) is 5.28. The number of alkyl halides is 3. The van der Waals surface area contributed by atoms with Crippen molar-refractivity contribution >= 4 is 0 Å². The Morgan fingerprint density at radius 1 is 1.22 bits per heavy atom. The zero-order valence-corrected chi connectivity index (χ0v) is 10.7. The first-order valence-electron chi connectivity index (χ1n) is 5.68. The molecule has 0 saturated heterocycles. The average molecular weight is 261 g/mol. The van der Waals surface area contributed by atoms with Crippen LogP contribution in [-0.2, 0) is 5.54 Å². The Bertz CT molecular complexity index is 417. The molecule has 2 N–H and O–H groups in total. The molecule has 1 rings (SSSR count). The zero-order chi connectivity index (χ0) is 14.0. The van der Waals surface area contributed by atoms with E-state index in [1.165, 1.54) is 0 Å². The van der Waals surface area contributed by atoms with E-state index < -0.39 is 24.9 Å². The summed E-state index contributed by atoms with van der Waals surface area (Å²) in [6.07, 6.45) is -4.30. The molecule has 5 heteroatoms. The summed E-state index contributed by atoms with van der Waals surface area (Å²) in [6.45, 7) is 3.78. The molecule has 0 fully saturated rings. The lowest BCUT2D eigenvalue weighted by Gasteiger charge is -2.31. The Kier molecular flexibility index (Phi) is 4.40. The van der Waals surface area contributed by atoms with Crippen LogP contribution in [0.15, 0.2) is 18.2 Å². The van der Waals surface area contributed by atoms with Crippen molar-refractivity contribution in [2.24, 2.45) is 0 Å². The third-order valence-corrected chi connectivity index (χ3v) is 2.97. The highest BCUT2D eigenvalue weighted by atomic mass is 19.4. The maximum atomic E-state index is 12.3. The average Bonchev–Trinajstić information content (AvgIpc) is 2.25. The summed E-state index contributed by atoms with van der Waals surface area (Å²) in [5.41, 5.74) is 1.49. The van der Waals surface area contributed by atoms with Gasteiger partial charge in [-0.2, -0.15) is 13.2 Å². The van der Waals surface area contributed by atoms with E-state index in [9.17, 15) is 18.3 Å². The maximum Gasteiger partial charge on any atom is 0.401 e. The van der Waals surface area contributed by atoms with Crippen molar-refractivity contribution in [2.75, 3.05) is 13.2 Å². The van der Waals surface area contributed by atoms with Gasteiger partial charge in [-0.15, -0.1) is 0 Å². The third kappa shape index (κ3) is 3.71. The molecule has 1 unspecified atom stereocenters. The highest BCUT2D eigenvalue weighted by molar-refractivity contribution is 5.35. The van der Waals surface area contributed by atoms with Crippen molar-refractivity contribution < 1.29 is 18.3 Å². The Hall–Kier alpha value is -1.07. The maximum absolute atomic E-state index is 12.3. The lowest BCUT2D eigenvalue weighted by Crippen LogP contribution is -2.47. The van der Waals surface area contributed by atoms with Gasteiger partial charge in [0.25, 0.3) is 0 Å². The molecule has 18 heavy (non-hydrogen) atoms. The lowest BCUT2D eigenvalue weighted by atomic mass is 9.88. The van der Waals surface area contributed by atoms with E-state index in [2.05, 4.69) is 5.32 Å². The van der Waals surface area contributed by atoms with Gasteiger partial charge in [0.15, 0.2) is 0 Å². The fraction of sp³-hybridized carbons (Fsp3) is 0.538. The van der Waals surface area contributed by atoms with Crippen LogP contribution in [0.25, 0.3) is 0 Å². The monoisotopic (exact) mass is 261 g/mol. The van der Waals surface area contributed by atoms with Crippen LogP contribution in [0.4, 0.5) is 13.2 Å². The Morgan fingerprint density at radius 2 is 1.83 bits per heavy atom. The van der Waals surface area contributed by atoms with Crippen LogP contribution in [0.3, 0.4) is 0 Å². The van der Waals surface area contributed by atoms with Crippen molar-refractivity contribution in [1.29, 1.82) is 0 Å². The summed E-state index contributed by atoms with van der Waals surface area (Å²) in [4.78, 5) is 0. The minimum Gasteiger partial charge on any atom is -0.394 e. The fourth-order valence-corrected chi connectivity index (χ4v) is 1.96. The first kappa shape index (κ1) is 15.0. The number of nitrogens with one attached hydrogen (secondary N) is 1. The Balaban J connectivity index is 2.99. The van der Waals surface area contributed by atoms with E-state index in [1.54, 1.807) is 13.0 Å². The van der Waals surface area contributed by atoms with Crippen LogP contribution in [-0.4, -0.2) is 24.4 Å². The molecule has 0 amide bonds. The van der Waals surface area contributed by atoms with Crippen LogP contribution < -0.4 is 5.32 Å². The van der Waals surface area contributed by atoms with Crippen LogP contribution in [0.2, 0.25) is 0 Å². The van der Waals surface area contributed by atoms with Gasteiger partial charge in [-0.1, -0.05) is 23.8 Å². The number of benzene rings is 1. The zero-order valence-electron chi connectivity index (χ0n) is 10.7. The molecule has 0 saturated carbocycles. The van der Waals surface area contributed by atoms with Gasteiger partial charge in [0, 0.05) is 0 Å². The smallest absolute Gasteiger partial charge is 0.394 e. The summed E-state index contributed by atoms with van der Waals surface area (Å²) in [5, 5.41) is 11.8. The summed E-state index contributed by atoms with van der Waals surface area (Å²) in [5.74, 6) is 0. The van der Waals surface area contributed by atoms with Crippen LogP contribution in [0.1, 0.15) is 23.6 Å². The van der Waals surface area contributed by atoms with E-state index in [0.29, 0.717) is 5.56 Å². The number of halogens is 3. The van der Waals surface area contributed by atoms with Crippen molar-refractivity contribution in [3.05, 3.63) is 34.9 Å². The normalized spacial score (nSPS) is 15.5. The van der Waals surface area contributed by atoms with Gasteiger partial charge in [0.1, 0.15) is 0 Å². The summed E-state index contributed by atoms with van der Waals surface area (Å²) < 4.78 is 36.8. The number of hydrogen-bond donors (Lipinski definition) is 2. The number of aliphatic hydroxyl groups excluding tert-OH is 1. The van der Waals surface area contributed by atoms with Gasteiger partial charge < -0.3 is 5.11 Å². The highest BCUT2D eigenvalue weighted by Gasteiger charge is 2.34. The van der Waals surface area contributed by atoms with Gasteiger partial charge in [-0.25, -0.2) is 0 Å². The van der Waals surface area contributed by atoms with E-state index in [0.717, 1.165) is 11.1 Å². The summed E-state index contributed by atoms with van der Waals surface area (Å²) in [6, 6.07) is 5.47. The molecule has 0 bridgehead atoms. The Morgan fingerprint density at radius 3 is 2.28 bits per heavy atom. The summed E-state index contributed by atoms with van der Waals surface area (Å²) >= 11 is 0. The number of hydrogen-bond acceptors (Lipinski definition) is 2. The first-order chi connectivity index (χ1) is 8.18. The molecule has 0 radical (unpaired) electrons. The Labute approximate surface area is 105 Å². The van der Waals surface area contributed by atoms with Crippen LogP contribution >= 0.6 is 0 Å². The molecule has 0 aliphatic heterocycles. The molecule has 2 nitrogen and oxygen atoms in total. The van der Waals surface area contributed by atoms with Gasteiger partial charge >= 0.3 is 6.18 Å². The molecular formula is C13H18F3NO. The van der Waals surface area contributed by atoms with Crippen molar-refractivity contribution in [2.45, 2.75) is 32.5 Å². The van der Waals surface area contributed by atoms with E-state index in [1.807, 2.05) is 26.0 Å². The fourth-order valence-electron chi connectivity index (χ4n) is 1.96. The lowest BCUT2D eigenvalue weighted by molar-refractivity contribution is -0.129. The standard InChI is InChI=1S/C13H18F3NO/c1-9-4-5-11(10(2)6-9)12(3,8-18)17-7-13(14,15)16/h4-6,17-18H,7-8H2,1-3H3. The molecule has 102 valence electrons. The van der Waals surface area contributed by atoms with Gasteiger partial charge in [0.2, 0.25) is 0 Å². The SMILES string of the molecule is Cc1ccc(C(C)(CO)NCC(F)(F)F)c(C)c1. The van der Waals surface area contributed by atoms with Crippen molar-refractivity contribution in [1.82, 2.24) is 5.32 Å². The molecular weight excluding hydrogens is 243 g/mol. The second-order valence-corrected chi connectivity index (χ2v) is 4.78. The van der Waals surface area contributed by atoms with E-state index in [-0.39, 0.29) is 0 Å². The van der Waals surface area contributed by atoms with Crippen LogP contribution in [0.5, 0.6) is 0 Å². The quantitative estimate of drug-likeness (QED) is 0.873. The van der Waals surface area contributed by atoms with E-state index in [4.69, 9.17) is 0 Å². The van der Waals surface area contributed by atoms with Gasteiger partial charge in [-0.05, 0) is 31.9 Å². The number of aliphatic hydroxyl groups is 1. The molecule has 1 atom stereocenters. The van der Waals surface area contributed by atoms with E-state index >= 15 is 0 Å². The predicted octanol–water partition coefficient (Wildman–Crippen LogP) is 2.66. The third-order valence-electron chi connectivity index (χ3n) is 2.97. The molecule has 0 spiro atoms. The minimum atomic E-state index is -4.30. The van der Waals surface area contributed by atoms with Crippen molar-refractivity contribution in [3.63, 3.8) is 0 Å². The number of rotatable bonds is 4. The summed E-state index contributed by atoms with van der Waals surface area (Å²) in [7, 11) is 0. The molecule has 0 heterocycles. The predicted molar refractivity (Wildman–Crippen MR) is 64.4 cm³/mol. The topological polar surface area (TPSA) is 32.3 Å². The molecule has 1 aromatic rings. The second-order valence-electron chi connectivity index (χ2n) is 4.78. The molecule has 0 aromatic heterocycles. The van der Waals surface area contributed by atoms with Crippen molar-refractivity contribution in [3.8, 4) is 0 Å². The van der Waals surface area contributed by atoms with Crippen LogP contribution in [0, 0.1) is 13.8 Å². The van der Waals surface area contributed by atoms with Gasteiger partial charge in [0.05, 0.1) is 18.7 Å². The molecule has 0 aliphatic carbocycles. The number of aryl methyl sites for hydroxylation is 2. The first-order valence-corrected chi connectivity index (χ1v) is 5.68. The largest absolute Gasteiger partial charge is 0.401 e. The molecule has 1 aromatic carbocycles.